The van der Waals surface area contributed by atoms with Crippen molar-refractivity contribution in [3.8, 4) is 0 Å². The number of nitrogens with zero attached hydrogens (tertiary/aromatic N) is 1. The molecule has 0 radical (unpaired) electrons. The van der Waals surface area contributed by atoms with Gasteiger partial charge in [0.15, 0.2) is 0 Å². The van der Waals surface area contributed by atoms with Gasteiger partial charge in [-0.2, -0.15) is 11.8 Å². The first-order chi connectivity index (χ1) is 9.52. The number of rotatable bonds is 4. The lowest BCUT2D eigenvalue weighted by Crippen LogP contribution is -2.27. The Morgan fingerprint density at radius 1 is 1.30 bits per heavy atom. The van der Waals surface area contributed by atoms with Crippen molar-refractivity contribution in [2.24, 2.45) is 0 Å². The SMILES string of the molecule is CCNCc1ccc(N2CCSC(C)(C)CC2)c(C)c1. The summed E-state index contributed by atoms with van der Waals surface area (Å²) in [6, 6.07) is 6.92. The topological polar surface area (TPSA) is 15.3 Å². The van der Waals surface area contributed by atoms with Crippen molar-refractivity contribution in [1.82, 2.24) is 5.32 Å². The molecule has 1 aromatic carbocycles. The molecule has 1 N–H and O–H groups in total. The van der Waals surface area contributed by atoms with Crippen LogP contribution in [0.5, 0.6) is 0 Å². The van der Waals surface area contributed by atoms with E-state index < -0.39 is 0 Å². The van der Waals surface area contributed by atoms with Crippen LogP contribution in [0.25, 0.3) is 0 Å². The van der Waals surface area contributed by atoms with Gasteiger partial charge in [0.05, 0.1) is 0 Å². The van der Waals surface area contributed by atoms with Crippen LogP contribution in [-0.4, -0.2) is 30.1 Å². The fourth-order valence-corrected chi connectivity index (χ4v) is 3.81. The number of hydrogen-bond acceptors (Lipinski definition) is 3. The molecule has 2 nitrogen and oxygen atoms in total. The lowest BCUT2D eigenvalue weighted by molar-refractivity contribution is 0.637. The Kier molecular flexibility index (Phi) is 5.39. The minimum Gasteiger partial charge on any atom is -0.370 e. The summed E-state index contributed by atoms with van der Waals surface area (Å²) in [5.41, 5.74) is 4.21. The quantitative estimate of drug-likeness (QED) is 0.908. The summed E-state index contributed by atoms with van der Waals surface area (Å²) in [7, 11) is 0. The second-order valence-corrected chi connectivity index (χ2v) is 8.05. The Hall–Kier alpha value is -0.670. The van der Waals surface area contributed by atoms with E-state index in [1.54, 1.807) is 0 Å². The summed E-state index contributed by atoms with van der Waals surface area (Å²) in [5, 5.41) is 3.39. The van der Waals surface area contributed by atoms with Crippen molar-refractivity contribution in [3.05, 3.63) is 29.3 Å². The van der Waals surface area contributed by atoms with Gasteiger partial charge in [-0.3, -0.25) is 0 Å². The fraction of sp³-hybridized carbons (Fsp3) is 0.647. The summed E-state index contributed by atoms with van der Waals surface area (Å²) in [4.78, 5) is 2.56. The standard InChI is InChI=1S/C17H28N2S/c1-5-18-13-15-6-7-16(14(2)12-15)19-9-8-17(3,4)20-11-10-19/h6-7,12,18H,5,8-11,13H2,1-4H3. The molecule has 1 aliphatic heterocycles. The van der Waals surface area contributed by atoms with Gasteiger partial charge in [0.25, 0.3) is 0 Å². The van der Waals surface area contributed by atoms with Crippen LogP contribution < -0.4 is 10.2 Å². The largest absolute Gasteiger partial charge is 0.370 e. The van der Waals surface area contributed by atoms with Gasteiger partial charge < -0.3 is 10.2 Å². The van der Waals surface area contributed by atoms with Gasteiger partial charge in [0.2, 0.25) is 0 Å². The Bertz CT molecular complexity index is 443. The molecule has 0 bridgehead atoms. The average molecular weight is 292 g/mol. The molecule has 2 rings (SSSR count). The second kappa shape index (κ2) is 6.86. The molecule has 0 aromatic heterocycles. The lowest BCUT2D eigenvalue weighted by Gasteiger charge is -2.26. The average Bonchev–Trinajstić information content (AvgIpc) is 2.58. The summed E-state index contributed by atoms with van der Waals surface area (Å²) in [6.07, 6.45) is 1.26. The fourth-order valence-electron chi connectivity index (χ4n) is 2.71. The highest BCUT2D eigenvalue weighted by atomic mass is 32.2. The second-order valence-electron chi connectivity index (χ2n) is 6.25. The first kappa shape index (κ1) is 15.7. The molecule has 1 fully saturated rings. The molecule has 1 saturated heterocycles. The van der Waals surface area contributed by atoms with E-state index in [-0.39, 0.29) is 0 Å². The maximum atomic E-state index is 3.39. The molecule has 0 unspecified atom stereocenters. The predicted octanol–water partition coefficient (Wildman–Crippen LogP) is 3.83. The minimum absolute atomic E-state index is 0.424. The van der Waals surface area contributed by atoms with Gasteiger partial charge in [-0.05, 0) is 37.1 Å². The monoisotopic (exact) mass is 292 g/mol. The van der Waals surface area contributed by atoms with Crippen LogP contribution in [0, 0.1) is 6.92 Å². The molecule has 0 atom stereocenters. The van der Waals surface area contributed by atoms with E-state index in [0.717, 1.165) is 13.1 Å². The van der Waals surface area contributed by atoms with Crippen molar-refractivity contribution in [2.75, 3.05) is 30.3 Å². The summed E-state index contributed by atoms with van der Waals surface area (Å²) < 4.78 is 0.424. The molecular weight excluding hydrogens is 264 g/mol. The lowest BCUT2D eigenvalue weighted by atomic mass is 10.1. The van der Waals surface area contributed by atoms with E-state index >= 15 is 0 Å². The van der Waals surface area contributed by atoms with E-state index in [4.69, 9.17) is 0 Å². The molecule has 0 aliphatic carbocycles. The number of thioether (sulfide) groups is 1. The first-order valence-electron chi connectivity index (χ1n) is 7.71. The third-order valence-electron chi connectivity index (χ3n) is 4.02. The molecule has 3 heteroatoms. The van der Waals surface area contributed by atoms with Crippen molar-refractivity contribution in [1.29, 1.82) is 0 Å². The Morgan fingerprint density at radius 2 is 2.10 bits per heavy atom. The van der Waals surface area contributed by atoms with Crippen molar-refractivity contribution < 1.29 is 0 Å². The molecule has 1 aromatic rings. The van der Waals surface area contributed by atoms with Crippen LogP contribution >= 0.6 is 11.8 Å². The zero-order chi connectivity index (χ0) is 14.6. The molecule has 0 amide bonds. The Balaban J connectivity index is 2.08. The van der Waals surface area contributed by atoms with Gasteiger partial charge in [-0.1, -0.05) is 32.9 Å². The number of anilines is 1. The van der Waals surface area contributed by atoms with Gasteiger partial charge in [0.1, 0.15) is 0 Å². The van der Waals surface area contributed by atoms with E-state index in [0.29, 0.717) is 4.75 Å². The van der Waals surface area contributed by atoms with Gasteiger partial charge in [-0.25, -0.2) is 0 Å². The first-order valence-corrected chi connectivity index (χ1v) is 8.69. The molecule has 1 aliphatic rings. The maximum Gasteiger partial charge on any atom is 0.0396 e. The summed E-state index contributed by atoms with van der Waals surface area (Å²) in [5.74, 6) is 1.23. The Labute approximate surface area is 128 Å². The minimum atomic E-state index is 0.424. The van der Waals surface area contributed by atoms with Gasteiger partial charge in [-0.15, -0.1) is 0 Å². The highest BCUT2D eigenvalue weighted by molar-refractivity contribution is 8.00. The number of aryl methyl sites for hydroxylation is 1. The number of benzene rings is 1. The van der Waals surface area contributed by atoms with E-state index in [9.17, 15) is 0 Å². The molecule has 20 heavy (non-hydrogen) atoms. The summed E-state index contributed by atoms with van der Waals surface area (Å²) in [6.45, 7) is 13.5. The van der Waals surface area contributed by atoms with Crippen LogP contribution in [0.4, 0.5) is 5.69 Å². The third kappa shape index (κ3) is 4.16. The molecule has 0 saturated carbocycles. The van der Waals surface area contributed by atoms with Gasteiger partial charge >= 0.3 is 0 Å². The van der Waals surface area contributed by atoms with Gasteiger partial charge in [0, 0.05) is 35.8 Å². The van der Waals surface area contributed by atoms with E-state index in [1.165, 1.54) is 42.1 Å². The molecule has 1 heterocycles. The maximum absolute atomic E-state index is 3.39. The third-order valence-corrected chi connectivity index (χ3v) is 5.39. The van der Waals surface area contributed by atoms with Crippen LogP contribution in [0.2, 0.25) is 0 Å². The Morgan fingerprint density at radius 3 is 2.80 bits per heavy atom. The van der Waals surface area contributed by atoms with Crippen LogP contribution in [0.15, 0.2) is 18.2 Å². The van der Waals surface area contributed by atoms with Crippen LogP contribution in [0.1, 0.15) is 38.3 Å². The highest BCUT2D eigenvalue weighted by Gasteiger charge is 2.24. The smallest absolute Gasteiger partial charge is 0.0396 e. The molecule has 0 spiro atoms. The molecule has 112 valence electrons. The van der Waals surface area contributed by atoms with Crippen molar-refractivity contribution >= 4 is 17.4 Å². The normalized spacial score (nSPS) is 18.9. The van der Waals surface area contributed by atoms with Crippen LogP contribution in [0.3, 0.4) is 0 Å². The van der Waals surface area contributed by atoms with Crippen molar-refractivity contribution in [3.63, 3.8) is 0 Å². The molecular formula is C17H28N2S. The number of nitrogens with one attached hydrogen (secondary N) is 1. The highest BCUT2D eigenvalue weighted by Crippen LogP contribution is 2.33. The van der Waals surface area contributed by atoms with E-state index in [1.807, 2.05) is 0 Å². The van der Waals surface area contributed by atoms with Crippen LogP contribution in [-0.2, 0) is 6.54 Å². The summed E-state index contributed by atoms with van der Waals surface area (Å²) >= 11 is 2.11. The number of hydrogen-bond donors (Lipinski definition) is 1. The zero-order valence-electron chi connectivity index (χ0n) is 13.3. The van der Waals surface area contributed by atoms with Crippen molar-refractivity contribution in [2.45, 2.75) is 45.4 Å². The predicted molar refractivity (Wildman–Crippen MR) is 91.9 cm³/mol. The van der Waals surface area contributed by atoms with E-state index in [2.05, 4.69) is 67.9 Å². The zero-order valence-corrected chi connectivity index (χ0v) is 14.1.